The van der Waals surface area contributed by atoms with E-state index in [1.807, 2.05) is 49.5 Å². The van der Waals surface area contributed by atoms with Gasteiger partial charge in [-0.3, -0.25) is 4.79 Å². The van der Waals surface area contributed by atoms with E-state index in [-0.39, 0.29) is 11.8 Å². The standard InChI is InChI=1S/C27H28N2O4/c1-4-33-25-14-11-19(15-26(25)32-3)22(23-17-28-24-8-6-5-7-21(23)24)16-29-27(30)18-9-12-20(31-2)13-10-18/h5-15,17,22,28H,4,16H2,1-3H3,(H,29,30). The molecule has 1 aromatic heterocycles. The first-order chi connectivity index (χ1) is 16.1. The molecule has 1 unspecified atom stereocenters. The Kier molecular flexibility index (Phi) is 6.83. The Hall–Kier alpha value is -3.93. The van der Waals surface area contributed by atoms with Gasteiger partial charge < -0.3 is 24.5 Å². The topological polar surface area (TPSA) is 72.6 Å². The summed E-state index contributed by atoms with van der Waals surface area (Å²) in [6.07, 6.45) is 2.01. The fraction of sp³-hybridized carbons (Fsp3) is 0.222. The van der Waals surface area contributed by atoms with E-state index in [0.29, 0.717) is 36.0 Å². The van der Waals surface area contributed by atoms with Gasteiger partial charge in [-0.2, -0.15) is 0 Å². The zero-order valence-corrected chi connectivity index (χ0v) is 19.1. The van der Waals surface area contributed by atoms with Crippen molar-refractivity contribution in [2.45, 2.75) is 12.8 Å². The molecule has 33 heavy (non-hydrogen) atoms. The highest BCUT2D eigenvalue weighted by molar-refractivity contribution is 5.94. The Balaban J connectivity index is 1.66. The van der Waals surface area contributed by atoms with Gasteiger partial charge in [-0.1, -0.05) is 24.3 Å². The van der Waals surface area contributed by atoms with Gasteiger partial charge in [0.05, 0.1) is 20.8 Å². The summed E-state index contributed by atoms with van der Waals surface area (Å²) in [4.78, 5) is 16.2. The van der Waals surface area contributed by atoms with E-state index in [0.717, 1.165) is 22.0 Å². The molecule has 0 aliphatic heterocycles. The normalized spacial score (nSPS) is 11.7. The number of methoxy groups -OCH3 is 2. The maximum atomic E-state index is 12.9. The van der Waals surface area contributed by atoms with Crippen LogP contribution in [0, 0.1) is 0 Å². The molecule has 0 spiro atoms. The van der Waals surface area contributed by atoms with Gasteiger partial charge in [-0.05, 0) is 60.5 Å². The Morgan fingerprint density at radius 1 is 0.970 bits per heavy atom. The number of amides is 1. The van der Waals surface area contributed by atoms with Crippen molar-refractivity contribution in [3.8, 4) is 17.2 Å². The molecule has 1 atom stereocenters. The number of hydrogen-bond acceptors (Lipinski definition) is 4. The molecule has 0 saturated heterocycles. The van der Waals surface area contributed by atoms with Gasteiger partial charge in [0.1, 0.15) is 5.75 Å². The highest BCUT2D eigenvalue weighted by Gasteiger charge is 2.21. The van der Waals surface area contributed by atoms with Crippen LogP contribution in [0.15, 0.2) is 72.9 Å². The molecule has 170 valence electrons. The van der Waals surface area contributed by atoms with Crippen LogP contribution in [-0.2, 0) is 0 Å². The van der Waals surface area contributed by atoms with Gasteiger partial charge in [0, 0.05) is 35.1 Å². The molecule has 3 aromatic carbocycles. The molecular weight excluding hydrogens is 416 g/mol. The van der Waals surface area contributed by atoms with Gasteiger partial charge in [0.15, 0.2) is 11.5 Å². The molecule has 4 rings (SSSR count). The number of benzene rings is 3. The lowest BCUT2D eigenvalue weighted by Crippen LogP contribution is -2.28. The molecule has 0 saturated carbocycles. The molecule has 0 aliphatic rings. The average molecular weight is 445 g/mol. The molecule has 0 fully saturated rings. The number of carbonyl (C=O) groups excluding carboxylic acids is 1. The Labute approximate surface area is 193 Å². The van der Waals surface area contributed by atoms with Crippen LogP contribution in [0.5, 0.6) is 17.2 Å². The number of rotatable bonds is 9. The van der Waals surface area contributed by atoms with E-state index in [2.05, 4.69) is 16.4 Å². The molecular formula is C27H28N2O4. The Morgan fingerprint density at radius 3 is 2.48 bits per heavy atom. The first kappa shape index (κ1) is 22.3. The van der Waals surface area contributed by atoms with Crippen LogP contribution < -0.4 is 19.5 Å². The fourth-order valence-corrected chi connectivity index (χ4v) is 4.00. The van der Waals surface area contributed by atoms with Crippen LogP contribution in [0.1, 0.15) is 34.3 Å². The summed E-state index contributed by atoms with van der Waals surface area (Å²) in [6.45, 7) is 2.92. The lowest BCUT2D eigenvalue weighted by atomic mass is 9.90. The van der Waals surface area contributed by atoms with Crippen molar-refractivity contribution in [3.05, 3.63) is 89.6 Å². The van der Waals surface area contributed by atoms with Crippen LogP contribution >= 0.6 is 0 Å². The number of H-pyrrole nitrogens is 1. The molecule has 2 N–H and O–H groups in total. The molecule has 0 radical (unpaired) electrons. The zero-order valence-electron chi connectivity index (χ0n) is 19.1. The summed E-state index contributed by atoms with van der Waals surface area (Å²) in [5, 5.41) is 4.22. The summed E-state index contributed by atoms with van der Waals surface area (Å²) >= 11 is 0. The summed E-state index contributed by atoms with van der Waals surface area (Å²) in [6, 6.07) is 21.2. The predicted octanol–water partition coefficient (Wildman–Crippen LogP) is 5.15. The molecule has 1 heterocycles. The van der Waals surface area contributed by atoms with E-state index >= 15 is 0 Å². The van der Waals surface area contributed by atoms with E-state index in [1.54, 1.807) is 38.5 Å². The minimum atomic E-state index is -0.139. The first-order valence-electron chi connectivity index (χ1n) is 10.9. The van der Waals surface area contributed by atoms with Crippen LogP contribution in [0.3, 0.4) is 0 Å². The van der Waals surface area contributed by atoms with Gasteiger partial charge in [-0.25, -0.2) is 0 Å². The van der Waals surface area contributed by atoms with Crippen molar-refractivity contribution in [2.24, 2.45) is 0 Å². The van der Waals surface area contributed by atoms with Crippen molar-refractivity contribution < 1.29 is 19.0 Å². The highest BCUT2D eigenvalue weighted by atomic mass is 16.5. The number of para-hydroxylation sites is 1. The SMILES string of the molecule is CCOc1ccc(C(CNC(=O)c2ccc(OC)cc2)c2c[nH]c3ccccc23)cc1OC. The lowest BCUT2D eigenvalue weighted by molar-refractivity contribution is 0.0952. The van der Waals surface area contributed by atoms with Gasteiger partial charge in [0.2, 0.25) is 0 Å². The van der Waals surface area contributed by atoms with Crippen LogP contribution in [0.4, 0.5) is 0 Å². The van der Waals surface area contributed by atoms with Crippen molar-refractivity contribution in [2.75, 3.05) is 27.4 Å². The Morgan fingerprint density at radius 2 is 1.76 bits per heavy atom. The van der Waals surface area contributed by atoms with Gasteiger partial charge in [-0.15, -0.1) is 0 Å². The third-order valence-corrected chi connectivity index (χ3v) is 5.71. The number of aromatic amines is 1. The van der Waals surface area contributed by atoms with E-state index in [4.69, 9.17) is 14.2 Å². The third kappa shape index (κ3) is 4.80. The highest BCUT2D eigenvalue weighted by Crippen LogP contribution is 2.36. The summed E-state index contributed by atoms with van der Waals surface area (Å²) in [7, 11) is 3.24. The summed E-state index contributed by atoms with van der Waals surface area (Å²) in [5.74, 6) is 1.85. The number of carbonyl (C=O) groups is 1. The second kappa shape index (κ2) is 10.1. The summed E-state index contributed by atoms with van der Waals surface area (Å²) in [5.41, 5.74) is 3.76. The van der Waals surface area contributed by atoms with Crippen molar-refractivity contribution in [1.82, 2.24) is 10.3 Å². The minimum Gasteiger partial charge on any atom is -0.497 e. The molecule has 0 aliphatic carbocycles. The van der Waals surface area contributed by atoms with Crippen molar-refractivity contribution >= 4 is 16.8 Å². The third-order valence-electron chi connectivity index (χ3n) is 5.71. The molecule has 4 aromatic rings. The molecule has 6 heteroatoms. The van der Waals surface area contributed by atoms with Crippen LogP contribution in [0.25, 0.3) is 10.9 Å². The van der Waals surface area contributed by atoms with E-state index < -0.39 is 0 Å². The second-order valence-corrected chi connectivity index (χ2v) is 7.62. The summed E-state index contributed by atoms with van der Waals surface area (Å²) < 4.78 is 16.5. The van der Waals surface area contributed by atoms with E-state index in [9.17, 15) is 4.79 Å². The molecule has 0 bridgehead atoms. The quantitative estimate of drug-likeness (QED) is 0.375. The number of aromatic nitrogens is 1. The van der Waals surface area contributed by atoms with Crippen LogP contribution in [0.2, 0.25) is 0 Å². The van der Waals surface area contributed by atoms with Gasteiger partial charge in [0.25, 0.3) is 5.91 Å². The monoisotopic (exact) mass is 444 g/mol. The molecule has 6 nitrogen and oxygen atoms in total. The maximum Gasteiger partial charge on any atom is 0.251 e. The predicted molar refractivity (Wildman–Crippen MR) is 130 cm³/mol. The van der Waals surface area contributed by atoms with Crippen molar-refractivity contribution in [1.29, 1.82) is 0 Å². The minimum absolute atomic E-state index is 0.0899. The largest absolute Gasteiger partial charge is 0.497 e. The number of nitrogens with one attached hydrogen (secondary N) is 2. The van der Waals surface area contributed by atoms with Crippen molar-refractivity contribution in [3.63, 3.8) is 0 Å². The number of ether oxygens (including phenoxy) is 3. The first-order valence-corrected chi connectivity index (χ1v) is 10.9. The zero-order chi connectivity index (χ0) is 23.2. The Bertz CT molecular complexity index is 1230. The molecule has 1 amide bonds. The smallest absolute Gasteiger partial charge is 0.251 e. The fourth-order valence-electron chi connectivity index (χ4n) is 4.00. The van der Waals surface area contributed by atoms with Gasteiger partial charge >= 0.3 is 0 Å². The second-order valence-electron chi connectivity index (χ2n) is 7.62. The van der Waals surface area contributed by atoms with Crippen LogP contribution in [-0.4, -0.2) is 38.3 Å². The average Bonchev–Trinajstić information content (AvgIpc) is 3.29. The number of fused-ring (bicyclic) bond motifs is 1. The lowest BCUT2D eigenvalue weighted by Gasteiger charge is -2.20. The maximum absolute atomic E-state index is 12.9. The van der Waals surface area contributed by atoms with E-state index in [1.165, 1.54) is 0 Å². The number of hydrogen-bond donors (Lipinski definition) is 2.